The second kappa shape index (κ2) is 8.16. The molecule has 0 bridgehead atoms. The lowest BCUT2D eigenvalue weighted by atomic mass is 10.2. The van der Waals surface area contributed by atoms with Gasteiger partial charge in [0.1, 0.15) is 0 Å². The van der Waals surface area contributed by atoms with Crippen molar-refractivity contribution in [3.8, 4) is 0 Å². The highest BCUT2D eigenvalue weighted by Gasteiger charge is 2.04. The summed E-state index contributed by atoms with van der Waals surface area (Å²) in [6, 6.07) is 7.83. The van der Waals surface area contributed by atoms with Gasteiger partial charge in [0.05, 0.1) is 6.54 Å². The highest BCUT2D eigenvalue weighted by Crippen LogP contribution is 2.09. The molecule has 100 valence electrons. The highest BCUT2D eigenvalue weighted by atomic mass is 32.2. The minimum atomic E-state index is 0.0111. The predicted octanol–water partition coefficient (Wildman–Crippen LogP) is 2.52. The molecular weight excluding hydrogens is 244 g/mol. The van der Waals surface area contributed by atoms with E-state index in [0.717, 1.165) is 23.5 Å². The first-order valence-electron chi connectivity index (χ1n) is 6.18. The lowest BCUT2D eigenvalue weighted by Crippen LogP contribution is -2.31. The zero-order chi connectivity index (χ0) is 13.4. The number of hydrogen-bond acceptors (Lipinski definition) is 3. The Balaban J connectivity index is 2.25. The first kappa shape index (κ1) is 15.1. The van der Waals surface area contributed by atoms with Gasteiger partial charge < -0.3 is 10.6 Å². The van der Waals surface area contributed by atoms with Crippen LogP contribution < -0.4 is 10.6 Å². The largest absolute Gasteiger partial charge is 0.325 e. The normalized spacial score (nSPS) is 12.2. The fourth-order valence-corrected chi connectivity index (χ4v) is 2.39. The third-order valence-electron chi connectivity index (χ3n) is 2.53. The van der Waals surface area contributed by atoms with Crippen LogP contribution in [0, 0.1) is 12.8 Å². The van der Waals surface area contributed by atoms with E-state index >= 15 is 0 Å². The van der Waals surface area contributed by atoms with Crippen LogP contribution in [0.25, 0.3) is 0 Å². The third kappa shape index (κ3) is 6.07. The summed E-state index contributed by atoms with van der Waals surface area (Å²) in [6.45, 7) is 5.44. The molecule has 2 N–H and O–H groups in total. The van der Waals surface area contributed by atoms with Crippen molar-refractivity contribution in [2.24, 2.45) is 5.92 Å². The minimum Gasteiger partial charge on any atom is -0.325 e. The maximum Gasteiger partial charge on any atom is 0.238 e. The highest BCUT2D eigenvalue weighted by molar-refractivity contribution is 7.98. The Kier molecular flexibility index (Phi) is 6.83. The number of nitrogens with one attached hydrogen (secondary N) is 2. The number of hydrogen-bond donors (Lipinski definition) is 2. The van der Waals surface area contributed by atoms with E-state index in [1.807, 2.05) is 43.0 Å². The number of carbonyl (C=O) groups excluding carboxylic acids is 1. The fourth-order valence-electron chi connectivity index (χ4n) is 1.70. The predicted molar refractivity (Wildman–Crippen MR) is 80.2 cm³/mol. The molecule has 4 heteroatoms. The van der Waals surface area contributed by atoms with E-state index in [4.69, 9.17) is 0 Å². The molecular formula is C14H22N2OS. The Morgan fingerprint density at radius 3 is 2.89 bits per heavy atom. The summed E-state index contributed by atoms with van der Waals surface area (Å²) in [6.07, 6.45) is 2.10. The first-order chi connectivity index (χ1) is 8.61. The molecule has 1 amide bonds. The number of carbonyl (C=O) groups is 1. The second-order valence-electron chi connectivity index (χ2n) is 4.61. The van der Waals surface area contributed by atoms with Crippen LogP contribution in [-0.2, 0) is 4.79 Å². The number of rotatable bonds is 7. The lowest BCUT2D eigenvalue weighted by molar-refractivity contribution is -0.115. The molecule has 0 aliphatic carbocycles. The van der Waals surface area contributed by atoms with Gasteiger partial charge in [-0.1, -0.05) is 19.1 Å². The van der Waals surface area contributed by atoms with Crippen molar-refractivity contribution < 1.29 is 4.79 Å². The molecule has 0 radical (unpaired) electrons. The van der Waals surface area contributed by atoms with Gasteiger partial charge in [0, 0.05) is 5.69 Å². The molecule has 1 aromatic carbocycles. The van der Waals surface area contributed by atoms with Gasteiger partial charge in [-0.15, -0.1) is 0 Å². The standard InChI is InChI=1S/C14H22N2OS/c1-11-5-4-6-13(7-11)16-14(17)9-15-8-12(2)10-18-3/h4-7,12,15H,8-10H2,1-3H3,(H,16,17). The number of aryl methyl sites for hydroxylation is 1. The van der Waals surface area contributed by atoms with Crippen molar-refractivity contribution in [1.82, 2.24) is 5.32 Å². The fraction of sp³-hybridized carbons (Fsp3) is 0.500. The average molecular weight is 266 g/mol. The van der Waals surface area contributed by atoms with Gasteiger partial charge in [-0.3, -0.25) is 4.79 Å². The zero-order valence-corrected chi connectivity index (χ0v) is 12.1. The van der Waals surface area contributed by atoms with E-state index in [1.165, 1.54) is 0 Å². The van der Waals surface area contributed by atoms with Crippen molar-refractivity contribution in [2.75, 3.05) is 30.4 Å². The third-order valence-corrected chi connectivity index (χ3v) is 3.43. The van der Waals surface area contributed by atoms with Crippen LogP contribution in [0.1, 0.15) is 12.5 Å². The van der Waals surface area contributed by atoms with Crippen molar-refractivity contribution in [3.63, 3.8) is 0 Å². The molecule has 0 aliphatic rings. The van der Waals surface area contributed by atoms with Crippen LogP contribution in [0.3, 0.4) is 0 Å². The molecule has 0 saturated heterocycles. The van der Waals surface area contributed by atoms with Gasteiger partial charge >= 0.3 is 0 Å². The summed E-state index contributed by atoms with van der Waals surface area (Å²) < 4.78 is 0. The van der Waals surface area contributed by atoms with E-state index in [-0.39, 0.29) is 5.91 Å². The minimum absolute atomic E-state index is 0.0111. The molecule has 0 aliphatic heterocycles. The van der Waals surface area contributed by atoms with Crippen molar-refractivity contribution in [3.05, 3.63) is 29.8 Å². The molecule has 0 saturated carbocycles. The summed E-state index contributed by atoms with van der Waals surface area (Å²) in [7, 11) is 0. The van der Waals surface area contributed by atoms with Gasteiger partial charge in [-0.05, 0) is 49.1 Å². The number of benzene rings is 1. The van der Waals surface area contributed by atoms with E-state index in [0.29, 0.717) is 12.5 Å². The molecule has 1 rings (SSSR count). The average Bonchev–Trinajstić information content (AvgIpc) is 2.29. The van der Waals surface area contributed by atoms with E-state index in [1.54, 1.807) is 0 Å². The van der Waals surface area contributed by atoms with Crippen LogP contribution in [0.15, 0.2) is 24.3 Å². The maximum absolute atomic E-state index is 11.7. The summed E-state index contributed by atoms with van der Waals surface area (Å²) in [5, 5.41) is 6.06. The summed E-state index contributed by atoms with van der Waals surface area (Å²) in [5.74, 6) is 1.72. The summed E-state index contributed by atoms with van der Waals surface area (Å²) in [4.78, 5) is 11.7. The smallest absolute Gasteiger partial charge is 0.238 e. The van der Waals surface area contributed by atoms with Gasteiger partial charge in [-0.25, -0.2) is 0 Å². The molecule has 1 aromatic rings. The van der Waals surface area contributed by atoms with E-state index in [2.05, 4.69) is 23.8 Å². The van der Waals surface area contributed by atoms with E-state index in [9.17, 15) is 4.79 Å². The van der Waals surface area contributed by atoms with Gasteiger partial charge in [-0.2, -0.15) is 11.8 Å². The molecule has 0 aromatic heterocycles. The van der Waals surface area contributed by atoms with Crippen LogP contribution in [-0.4, -0.2) is 31.0 Å². The Morgan fingerprint density at radius 1 is 1.44 bits per heavy atom. The van der Waals surface area contributed by atoms with Gasteiger partial charge in [0.25, 0.3) is 0 Å². The quantitative estimate of drug-likeness (QED) is 0.797. The molecule has 0 fully saturated rings. The first-order valence-corrected chi connectivity index (χ1v) is 7.57. The number of amides is 1. The van der Waals surface area contributed by atoms with Crippen molar-refractivity contribution >= 4 is 23.4 Å². The topological polar surface area (TPSA) is 41.1 Å². The van der Waals surface area contributed by atoms with Crippen LogP contribution in [0.4, 0.5) is 5.69 Å². The van der Waals surface area contributed by atoms with E-state index < -0.39 is 0 Å². The second-order valence-corrected chi connectivity index (χ2v) is 5.52. The Labute approximate surface area is 114 Å². The molecule has 0 heterocycles. The summed E-state index contributed by atoms with van der Waals surface area (Å²) >= 11 is 1.83. The Bertz CT molecular complexity index is 382. The monoisotopic (exact) mass is 266 g/mol. The molecule has 0 spiro atoms. The van der Waals surface area contributed by atoms with Crippen LogP contribution in [0.2, 0.25) is 0 Å². The number of anilines is 1. The SMILES string of the molecule is CSCC(C)CNCC(=O)Nc1cccc(C)c1. The Hall–Kier alpha value is -1.00. The summed E-state index contributed by atoms with van der Waals surface area (Å²) in [5.41, 5.74) is 2.01. The molecule has 3 nitrogen and oxygen atoms in total. The van der Waals surface area contributed by atoms with Gasteiger partial charge in [0.2, 0.25) is 5.91 Å². The lowest BCUT2D eigenvalue weighted by Gasteiger charge is -2.11. The van der Waals surface area contributed by atoms with Crippen molar-refractivity contribution in [1.29, 1.82) is 0 Å². The molecule has 1 atom stereocenters. The van der Waals surface area contributed by atoms with Crippen LogP contribution in [0.5, 0.6) is 0 Å². The van der Waals surface area contributed by atoms with Crippen LogP contribution >= 0.6 is 11.8 Å². The zero-order valence-electron chi connectivity index (χ0n) is 11.3. The maximum atomic E-state index is 11.7. The van der Waals surface area contributed by atoms with Gasteiger partial charge in [0.15, 0.2) is 0 Å². The molecule has 1 unspecified atom stereocenters. The van der Waals surface area contributed by atoms with Crippen molar-refractivity contribution in [2.45, 2.75) is 13.8 Å². The molecule has 18 heavy (non-hydrogen) atoms. The Morgan fingerprint density at radius 2 is 2.22 bits per heavy atom. The number of thioether (sulfide) groups is 1.